The first-order valence-electron chi connectivity index (χ1n) is 10.7. The monoisotopic (exact) mass is 401 g/mol. The summed E-state index contributed by atoms with van der Waals surface area (Å²) in [5, 5.41) is 1.25. The standard InChI is InChI=1S/C25H27N3O2/c1-15(2)16-8-10-17(11-9-16)24-23-19(18-6-4-5-7-20(18)26-23)12-13-28(24)21-14-22(29)27(3)25(21)30/h4-11,15,21,24,26H,12-14H2,1-3H3/t21-,24+/m1/s1. The quantitative estimate of drug-likeness (QED) is 0.675. The smallest absolute Gasteiger partial charge is 0.246 e. The van der Waals surface area contributed by atoms with Crippen molar-refractivity contribution in [1.29, 1.82) is 0 Å². The van der Waals surface area contributed by atoms with Gasteiger partial charge in [0, 0.05) is 30.2 Å². The Balaban J connectivity index is 1.64. The number of hydrogen-bond donors (Lipinski definition) is 1. The van der Waals surface area contributed by atoms with Crippen LogP contribution in [-0.4, -0.2) is 46.2 Å². The molecular formula is C25H27N3O2. The minimum atomic E-state index is -0.406. The van der Waals surface area contributed by atoms with Crippen LogP contribution in [0.15, 0.2) is 48.5 Å². The van der Waals surface area contributed by atoms with Gasteiger partial charge >= 0.3 is 0 Å². The van der Waals surface area contributed by atoms with Crippen molar-refractivity contribution in [3.05, 3.63) is 70.9 Å². The predicted molar refractivity (Wildman–Crippen MR) is 117 cm³/mol. The summed E-state index contributed by atoms with van der Waals surface area (Å²) >= 11 is 0. The van der Waals surface area contributed by atoms with E-state index in [0.29, 0.717) is 5.92 Å². The number of likely N-dealkylation sites (tertiary alicyclic amines) is 1. The summed E-state index contributed by atoms with van der Waals surface area (Å²) < 4.78 is 0. The first kappa shape index (κ1) is 19.1. The molecule has 2 atom stereocenters. The molecule has 30 heavy (non-hydrogen) atoms. The number of para-hydroxylation sites is 1. The molecule has 3 aromatic rings. The van der Waals surface area contributed by atoms with E-state index in [0.717, 1.165) is 29.7 Å². The van der Waals surface area contributed by atoms with Gasteiger partial charge < -0.3 is 4.98 Å². The summed E-state index contributed by atoms with van der Waals surface area (Å²) in [4.78, 5) is 32.3. The molecule has 1 aromatic heterocycles. The van der Waals surface area contributed by atoms with Gasteiger partial charge in [0.2, 0.25) is 11.8 Å². The lowest BCUT2D eigenvalue weighted by Gasteiger charge is -2.39. The Hall–Kier alpha value is -2.92. The fourth-order valence-corrected chi connectivity index (χ4v) is 5.01. The maximum Gasteiger partial charge on any atom is 0.246 e. The van der Waals surface area contributed by atoms with Crippen LogP contribution in [0.2, 0.25) is 0 Å². The number of H-pyrrole nitrogens is 1. The third-order valence-corrected chi connectivity index (χ3v) is 6.75. The molecule has 0 unspecified atom stereocenters. The number of benzene rings is 2. The number of rotatable bonds is 3. The highest BCUT2D eigenvalue weighted by molar-refractivity contribution is 6.05. The number of fused-ring (bicyclic) bond motifs is 3. The van der Waals surface area contributed by atoms with Crippen LogP contribution in [0.1, 0.15) is 54.6 Å². The predicted octanol–water partition coefficient (Wildman–Crippen LogP) is 4.00. The Morgan fingerprint density at radius 1 is 1.03 bits per heavy atom. The first-order chi connectivity index (χ1) is 14.5. The van der Waals surface area contributed by atoms with Gasteiger partial charge in [-0.3, -0.25) is 19.4 Å². The number of imide groups is 1. The first-order valence-corrected chi connectivity index (χ1v) is 10.7. The maximum atomic E-state index is 12.9. The fourth-order valence-electron chi connectivity index (χ4n) is 5.01. The lowest BCUT2D eigenvalue weighted by molar-refractivity contribution is -0.138. The summed E-state index contributed by atoms with van der Waals surface area (Å²) in [5.41, 5.74) is 6.05. The molecule has 1 fully saturated rings. The number of nitrogens with zero attached hydrogens (tertiary/aromatic N) is 2. The molecule has 1 saturated heterocycles. The normalized spacial score (nSPS) is 22.3. The summed E-state index contributed by atoms with van der Waals surface area (Å²) in [6.45, 7) is 5.13. The third kappa shape index (κ3) is 2.88. The number of hydrogen-bond acceptors (Lipinski definition) is 3. The molecule has 2 amide bonds. The van der Waals surface area contributed by atoms with Gasteiger partial charge in [0.25, 0.3) is 0 Å². The van der Waals surface area contributed by atoms with Crippen molar-refractivity contribution < 1.29 is 9.59 Å². The molecule has 2 aliphatic rings. The number of aromatic amines is 1. The zero-order chi connectivity index (χ0) is 21.0. The topological polar surface area (TPSA) is 56.4 Å². The molecule has 0 saturated carbocycles. The number of carbonyl (C=O) groups is 2. The molecule has 154 valence electrons. The second kappa shape index (κ2) is 7.10. The van der Waals surface area contributed by atoms with Crippen LogP contribution < -0.4 is 0 Å². The number of amides is 2. The van der Waals surface area contributed by atoms with Crippen LogP contribution in [0.4, 0.5) is 0 Å². The second-order valence-corrected chi connectivity index (χ2v) is 8.79. The van der Waals surface area contributed by atoms with Crippen LogP contribution in [0.25, 0.3) is 10.9 Å². The molecule has 5 rings (SSSR count). The van der Waals surface area contributed by atoms with E-state index in [-0.39, 0.29) is 24.3 Å². The van der Waals surface area contributed by atoms with E-state index in [4.69, 9.17) is 0 Å². The molecule has 0 bridgehead atoms. The van der Waals surface area contributed by atoms with Crippen molar-refractivity contribution in [2.45, 2.75) is 44.7 Å². The lowest BCUT2D eigenvalue weighted by Crippen LogP contribution is -2.46. The highest BCUT2D eigenvalue weighted by Crippen LogP contribution is 2.41. The number of carbonyl (C=O) groups excluding carboxylic acids is 2. The van der Waals surface area contributed by atoms with Crippen molar-refractivity contribution in [3.8, 4) is 0 Å². The zero-order valence-corrected chi connectivity index (χ0v) is 17.7. The Bertz CT molecular complexity index is 1130. The largest absolute Gasteiger partial charge is 0.357 e. The summed E-state index contributed by atoms with van der Waals surface area (Å²) in [6, 6.07) is 16.6. The van der Waals surface area contributed by atoms with Gasteiger partial charge in [0.05, 0.1) is 18.5 Å². The summed E-state index contributed by atoms with van der Waals surface area (Å²) in [5.74, 6) is 0.275. The average Bonchev–Trinajstić information content (AvgIpc) is 3.25. The molecule has 0 aliphatic carbocycles. The average molecular weight is 402 g/mol. The van der Waals surface area contributed by atoms with Crippen LogP contribution >= 0.6 is 0 Å². The summed E-state index contributed by atoms with van der Waals surface area (Å²) in [6.07, 6.45) is 1.12. The van der Waals surface area contributed by atoms with Gasteiger partial charge in [0.15, 0.2) is 0 Å². The van der Waals surface area contributed by atoms with Gasteiger partial charge in [-0.1, -0.05) is 56.3 Å². The van der Waals surface area contributed by atoms with Crippen molar-refractivity contribution in [2.75, 3.05) is 13.6 Å². The number of aromatic nitrogens is 1. The van der Waals surface area contributed by atoms with E-state index < -0.39 is 6.04 Å². The van der Waals surface area contributed by atoms with Crippen molar-refractivity contribution in [1.82, 2.24) is 14.8 Å². The Labute approximate surface area is 176 Å². The molecule has 3 heterocycles. The highest BCUT2D eigenvalue weighted by atomic mass is 16.2. The van der Waals surface area contributed by atoms with E-state index in [2.05, 4.69) is 66.2 Å². The molecular weight excluding hydrogens is 374 g/mol. The van der Waals surface area contributed by atoms with Gasteiger partial charge in [0.1, 0.15) is 0 Å². The minimum absolute atomic E-state index is 0.0735. The summed E-state index contributed by atoms with van der Waals surface area (Å²) in [7, 11) is 1.59. The van der Waals surface area contributed by atoms with E-state index in [9.17, 15) is 9.59 Å². The lowest BCUT2D eigenvalue weighted by atomic mass is 9.89. The zero-order valence-electron chi connectivity index (χ0n) is 17.7. The molecule has 2 aromatic carbocycles. The molecule has 2 aliphatic heterocycles. The number of nitrogens with one attached hydrogen (secondary N) is 1. The second-order valence-electron chi connectivity index (χ2n) is 8.79. The maximum absolute atomic E-state index is 12.9. The van der Waals surface area contributed by atoms with Crippen molar-refractivity contribution in [2.24, 2.45) is 0 Å². The van der Waals surface area contributed by atoms with Crippen LogP contribution in [0.3, 0.4) is 0 Å². The van der Waals surface area contributed by atoms with Crippen molar-refractivity contribution in [3.63, 3.8) is 0 Å². The molecule has 5 nitrogen and oxygen atoms in total. The molecule has 5 heteroatoms. The SMILES string of the molecule is CC(C)c1ccc([C@H]2c3[nH]c4ccccc4c3CCN2[C@@H]2CC(=O)N(C)C2=O)cc1. The molecule has 1 N–H and O–H groups in total. The number of likely N-dealkylation sites (N-methyl/N-ethyl adjacent to an activating group) is 1. The van der Waals surface area contributed by atoms with Crippen LogP contribution in [-0.2, 0) is 16.0 Å². The third-order valence-electron chi connectivity index (χ3n) is 6.75. The molecule has 0 spiro atoms. The van der Waals surface area contributed by atoms with Gasteiger partial charge in [-0.05, 0) is 35.1 Å². The van der Waals surface area contributed by atoms with Crippen LogP contribution in [0, 0.1) is 0 Å². The minimum Gasteiger partial charge on any atom is -0.357 e. The Kier molecular flexibility index (Phi) is 4.51. The van der Waals surface area contributed by atoms with Gasteiger partial charge in [-0.15, -0.1) is 0 Å². The van der Waals surface area contributed by atoms with E-state index >= 15 is 0 Å². The van der Waals surface area contributed by atoms with Gasteiger partial charge in [-0.25, -0.2) is 0 Å². The Morgan fingerprint density at radius 3 is 2.43 bits per heavy atom. The van der Waals surface area contributed by atoms with E-state index in [1.165, 1.54) is 21.4 Å². The van der Waals surface area contributed by atoms with E-state index in [1.54, 1.807) is 7.05 Å². The van der Waals surface area contributed by atoms with Crippen LogP contribution in [0.5, 0.6) is 0 Å². The highest BCUT2D eigenvalue weighted by Gasteiger charge is 2.45. The van der Waals surface area contributed by atoms with Crippen molar-refractivity contribution >= 4 is 22.7 Å². The van der Waals surface area contributed by atoms with E-state index in [1.807, 2.05) is 6.07 Å². The molecule has 0 radical (unpaired) electrons. The Morgan fingerprint density at radius 2 is 1.77 bits per heavy atom. The van der Waals surface area contributed by atoms with Gasteiger partial charge in [-0.2, -0.15) is 0 Å². The fraction of sp³-hybridized carbons (Fsp3) is 0.360.